The Morgan fingerprint density at radius 2 is 0.333 bits per heavy atom. The summed E-state index contributed by atoms with van der Waals surface area (Å²) < 4.78 is 0. The molecule has 64 valence electrons. The Balaban J connectivity index is 0. The first-order valence-corrected chi connectivity index (χ1v) is 0. The van der Waals surface area contributed by atoms with Crippen molar-refractivity contribution in [3.63, 3.8) is 0 Å². The molecule has 0 rings (SSSR count). The Labute approximate surface area is 91.3 Å². The molecule has 0 aromatic carbocycles. The van der Waals surface area contributed by atoms with E-state index in [0.717, 1.165) is 0 Å². The first kappa shape index (κ1) is 483. The molecule has 0 saturated carbocycles. The minimum Gasteiger partial charge on any atom is -1.00 e. The summed E-state index contributed by atoms with van der Waals surface area (Å²) in [6, 6.07) is 0. The molecule has 0 bridgehead atoms. The topological polar surface area (TPSA) is 220 Å². The fourth-order valence-corrected chi connectivity index (χ4v) is 0. The van der Waals surface area contributed by atoms with Gasteiger partial charge in [-0.05, 0) is 0 Å². The third kappa shape index (κ3) is 270. The molecule has 0 spiro atoms. The van der Waals surface area contributed by atoms with E-state index in [2.05, 4.69) is 0 Å². The summed E-state index contributed by atoms with van der Waals surface area (Å²) in [5.74, 6) is 0. The van der Waals surface area contributed by atoms with Gasteiger partial charge in [-0.1, -0.05) is 0 Å². The van der Waals surface area contributed by atoms with Crippen molar-refractivity contribution in [2.45, 2.75) is 0 Å². The summed E-state index contributed by atoms with van der Waals surface area (Å²) in [6.07, 6.45) is 0. The van der Waals surface area contributed by atoms with Crippen molar-refractivity contribution >= 4 is 0 Å². The molecule has 0 heterocycles. The second-order valence-electron chi connectivity index (χ2n) is 0. The van der Waals surface area contributed by atoms with Gasteiger partial charge in [0.2, 0.25) is 0 Å². The van der Waals surface area contributed by atoms with Gasteiger partial charge in [0, 0.05) is 0 Å². The van der Waals surface area contributed by atoms with Crippen LogP contribution in [0.4, 0.5) is 0 Å². The Bertz CT molecular complexity index is 8.88. The van der Waals surface area contributed by atoms with Crippen LogP contribution < -0.4 is 12.4 Å². The van der Waals surface area contributed by atoms with Gasteiger partial charge in [-0.3, -0.25) is 0 Å². The zero-order valence-corrected chi connectivity index (χ0v) is 8.92. The van der Waals surface area contributed by atoms with Gasteiger partial charge < -0.3 is 50.7 Å². The average Bonchev–Trinajstić information content (AvgIpc) is 0. The summed E-state index contributed by atoms with van der Waals surface area (Å²) in [5.41, 5.74) is 0. The van der Waals surface area contributed by atoms with Crippen LogP contribution in [0.5, 0.6) is 0 Å². The molecule has 0 aliphatic carbocycles. The van der Waals surface area contributed by atoms with Gasteiger partial charge in [0.05, 0.1) is 0 Å². The smallest absolute Gasteiger partial charge is 1.00 e. The van der Waals surface area contributed by atoms with Gasteiger partial charge in [-0.25, -0.2) is 0 Å². The van der Waals surface area contributed by atoms with Crippen molar-refractivity contribution in [3.8, 4) is 0 Å². The molecule has 0 amide bonds. The zero-order valence-electron chi connectivity index (χ0n) is 4.46. The molecule has 0 unspecified atom stereocenters. The maximum atomic E-state index is 0. The van der Waals surface area contributed by atoms with Crippen molar-refractivity contribution in [1.29, 1.82) is 0 Å². The minimum absolute atomic E-state index is 0. The molecule has 0 radical (unpaired) electrons. The number of hydrogen-bond donors (Lipinski definition) is 0. The molecule has 0 aromatic heterocycles. The molecule has 0 aliphatic heterocycles. The number of hydrogen-bond acceptors (Lipinski definition) is 0. The van der Waals surface area contributed by atoms with E-state index in [1.807, 2.05) is 0 Å². The predicted molar refractivity (Wildman–Crippen MR) is 25.3 cm³/mol. The third-order valence-electron chi connectivity index (χ3n) is 0. The van der Waals surface area contributed by atoms with E-state index in [9.17, 15) is 0 Å². The molecule has 0 saturated heterocycles. The van der Waals surface area contributed by atoms with E-state index >= 15 is 0 Å². The van der Waals surface area contributed by atoms with Gasteiger partial charge in [-0.2, -0.15) is 0 Å². The van der Waals surface area contributed by atoms with Gasteiger partial charge in [0.15, 0.2) is 0 Å². The molecule has 0 aliphatic rings. The molecule has 9 heavy (non-hydrogen) atoms. The van der Waals surface area contributed by atoms with Crippen LogP contribution >= 0.6 is 0 Å². The number of rotatable bonds is 0. The van der Waals surface area contributed by atoms with Crippen molar-refractivity contribution in [1.82, 2.24) is 0 Å². The van der Waals surface area contributed by atoms with Crippen molar-refractivity contribution in [2.75, 3.05) is 0 Å². The van der Waals surface area contributed by atoms with Gasteiger partial charge >= 0.3 is 41.3 Å². The van der Waals surface area contributed by atoms with Crippen LogP contribution in [0, 0.1) is 41.3 Å². The zero-order chi connectivity index (χ0) is 0. The third-order valence-corrected chi connectivity index (χ3v) is 0. The second kappa shape index (κ2) is 348. The summed E-state index contributed by atoms with van der Waals surface area (Å²) in [6.45, 7) is 0. The molecule has 14 N–H and O–H groups in total. The van der Waals surface area contributed by atoms with E-state index in [1.54, 1.807) is 0 Å². The molecule has 9 heteroatoms. The quantitative estimate of drug-likeness (QED) is 0.406. The first-order valence-electron chi connectivity index (χ1n) is 0. The SMILES string of the molecule is O.O.O.O.O.O.O.[Cl-].[Pr+3]. The standard InChI is InChI=1S/ClH.7H2O.Pr/h1H;7*1H2;/q;;;;;;;;+3/p-1. The van der Waals surface area contributed by atoms with E-state index in [0.29, 0.717) is 0 Å². The van der Waals surface area contributed by atoms with Gasteiger partial charge in [0.1, 0.15) is 0 Å². The van der Waals surface area contributed by atoms with Crippen LogP contribution in [0.15, 0.2) is 0 Å². The molecular weight excluding hydrogens is 288 g/mol. The average molecular weight is 302 g/mol. The van der Waals surface area contributed by atoms with Crippen molar-refractivity contribution < 1.29 is 92.0 Å². The molecule has 0 atom stereocenters. The first-order chi connectivity index (χ1) is 0. The summed E-state index contributed by atoms with van der Waals surface area (Å²) >= 11 is 0. The van der Waals surface area contributed by atoms with Crippen LogP contribution in [0.3, 0.4) is 0 Å². The number of halogens is 1. The summed E-state index contributed by atoms with van der Waals surface area (Å²) in [4.78, 5) is 0. The summed E-state index contributed by atoms with van der Waals surface area (Å²) in [5, 5.41) is 0. The monoisotopic (exact) mass is 302 g/mol. The van der Waals surface area contributed by atoms with Crippen LogP contribution in [-0.4, -0.2) is 38.3 Å². The van der Waals surface area contributed by atoms with Crippen LogP contribution in [0.2, 0.25) is 0 Å². The fraction of sp³-hybridized carbons (Fsp3) is 0. The Morgan fingerprint density at radius 1 is 0.333 bits per heavy atom. The van der Waals surface area contributed by atoms with Gasteiger partial charge in [-0.15, -0.1) is 0 Å². The predicted octanol–water partition coefficient (Wildman–Crippen LogP) is -8.77. The second-order valence-corrected chi connectivity index (χ2v) is 0. The molecular formula is H14ClO7Pr+2. The summed E-state index contributed by atoms with van der Waals surface area (Å²) in [7, 11) is 0. The largest absolute Gasteiger partial charge is 3.00 e. The maximum absolute atomic E-state index is 0. The normalized spacial score (nSPS) is 0. The van der Waals surface area contributed by atoms with E-state index < -0.39 is 0 Å². The van der Waals surface area contributed by atoms with Gasteiger partial charge in [0.25, 0.3) is 0 Å². The van der Waals surface area contributed by atoms with E-state index in [-0.39, 0.29) is 92.0 Å². The van der Waals surface area contributed by atoms with Crippen LogP contribution in [-0.2, 0) is 0 Å². The minimum atomic E-state index is 0. The molecule has 0 aromatic rings. The van der Waals surface area contributed by atoms with Crippen molar-refractivity contribution in [2.24, 2.45) is 0 Å². The van der Waals surface area contributed by atoms with Crippen molar-refractivity contribution in [3.05, 3.63) is 0 Å². The Morgan fingerprint density at radius 3 is 0.333 bits per heavy atom. The fourth-order valence-electron chi connectivity index (χ4n) is 0. The van der Waals surface area contributed by atoms with Crippen LogP contribution in [0.25, 0.3) is 0 Å². The van der Waals surface area contributed by atoms with Crippen LogP contribution in [0.1, 0.15) is 0 Å². The molecule has 0 fully saturated rings. The van der Waals surface area contributed by atoms with E-state index in [4.69, 9.17) is 0 Å². The van der Waals surface area contributed by atoms with E-state index in [1.165, 1.54) is 0 Å². The Hall–Kier alpha value is 1.37. The Kier molecular flexibility index (Phi) is 18700. The molecule has 7 nitrogen and oxygen atoms in total. The maximum Gasteiger partial charge on any atom is 3.00 e.